The Balaban J connectivity index is 1.89. The Labute approximate surface area is 153 Å². The second kappa shape index (κ2) is 7.65. The number of nitro groups is 1. The summed E-state index contributed by atoms with van der Waals surface area (Å²) in [6.07, 6.45) is 1.38. The van der Waals surface area contributed by atoms with Crippen molar-refractivity contribution in [2.75, 3.05) is 43.4 Å². The number of nitrogens with one attached hydrogen (secondary N) is 1. The van der Waals surface area contributed by atoms with E-state index in [1.54, 1.807) is 0 Å². The average molecular weight is 356 g/mol. The van der Waals surface area contributed by atoms with Crippen molar-refractivity contribution < 1.29 is 4.92 Å². The van der Waals surface area contributed by atoms with Crippen molar-refractivity contribution in [1.82, 2.24) is 14.9 Å². The van der Waals surface area contributed by atoms with Crippen LogP contribution >= 0.6 is 0 Å². The van der Waals surface area contributed by atoms with E-state index in [4.69, 9.17) is 0 Å². The van der Waals surface area contributed by atoms with Gasteiger partial charge in [0.2, 0.25) is 11.6 Å². The molecule has 8 heteroatoms. The molecule has 1 saturated heterocycles. The minimum Gasteiger partial charge on any atom is -0.348 e. The normalized spacial score (nSPS) is 15.3. The number of anilines is 3. The van der Waals surface area contributed by atoms with Gasteiger partial charge in [0.05, 0.1) is 4.92 Å². The lowest BCUT2D eigenvalue weighted by Crippen LogP contribution is -2.45. The zero-order chi connectivity index (χ0) is 18.7. The number of aromatic nitrogens is 2. The molecular weight excluding hydrogens is 332 g/mol. The molecule has 1 aromatic carbocycles. The smallest absolute Gasteiger partial charge is 0.348 e. The molecule has 0 aliphatic carbocycles. The van der Waals surface area contributed by atoms with E-state index in [1.807, 2.05) is 36.2 Å². The summed E-state index contributed by atoms with van der Waals surface area (Å²) in [6.45, 7) is 7.36. The standard InChI is InChI=1S/C18H24N6O2/c1-13(2)14-4-6-15(7-5-14)21-17-16(24(25)26)18(20-12-19-17)23-10-8-22(3)9-11-23/h4-7,12-13H,8-11H2,1-3H3,(H,19,20,21). The molecule has 1 fully saturated rings. The maximum atomic E-state index is 11.7. The maximum absolute atomic E-state index is 11.7. The van der Waals surface area contributed by atoms with Crippen molar-refractivity contribution in [3.05, 3.63) is 46.3 Å². The lowest BCUT2D eigenvalue weighted by Gasteiger charge is -2.32. The number of piperazine rings is 1. The predicted octanol–water partition coefficient (Wildman–Crippen LogP) is 3.00. The fourth-order valence-electron chi connectivity index (χ4n) is 2.97. The second-order valence-electron chi connectivity index (χ2n) is 6.84. The SMILES string of the molecule is CC(C)c1ccc(Nc2ncnc(N3CCN(C)CC3)c2[N+](=O)[O-])cc1. The van der Waals surface area contributed by atoms with E-state index in [0.29, 0.717) is 24.8 Å². The molecule has 26 heavy (non-hydrogen) atoms. The Morgan fingerprint density at radius 2 is 1.77 bits per heavy atom. The van der Waals surface area contributed by atoms with Crippen LogP contribution in [0.1, 0.15) is 25.3 Å². The van der Waals surface area contributed by atoms with Crippen molar-refractivity contribution in [1.29, 1.82) is 0 Å². The van der Waals surface area contributed by atoms with Crippen molar-refractivity contribution >= 4 is 23.0 Å². The molecular formula is C18H24N6O2. The van der Waals surface area contributed by atoms with Gasteiger partial charge in [-0.1, -0.05) is 26.0 Å². The van der Waals surface area contributed by atoms with Crippen molar-refractivity contribution in [3.8, 4) is 0 Å². The van der Waals surface area contributed by atoms with Crippen LogP contribution in [0.25, 0.3) is 0 Å². The van der Waals surface area contributed by atoms with E-state index in [-0.39, 0.29) is 11.5 Å². The van der Waals surface area contributed by atoms with Crippen LogP contribution in [0, 0.1) is 10.1 Å². The minimum atomic E-state index is -0.404. The van der Waals surface area contributed by atoms with Crippen molar-refractivity contribution in [2.45, 2.75) is 19.8 Å². The Morgan fingerprint density at radius 1 is 1.12 bits per heavy atom. The van der Waals surface area contributed by atoms with Crippen LogP contribution in [0.3, 0.4) is 0 Å². The van der Waals surface area contributed by atoms with Gasteiger partial charge in [-0.3, -0.25) is 10.1 Å². The van der Waals surface area contributed by atoms with E-state index in [9.17, 15) is 10.1 Å². The van der Waals surface area contributed by atoms with E-state index in [2.05, 4.69) is 34.0 Å². The highest BCUT2D eigenvalue weighted by molar-refractivity contribution is 5.74. The molecule has 0 radical (unpaired) electrons. The molecule has 2 aromatic rings. The van der Waals surface area contributed by atoms with Crippen LogP contribution in [-0.4, -0.2) is 53.0 Å². The summed E-state index contributed by atoms with van der Waals surface area (Å²) in [5, 5.41) is 14.8. The molecule has 3 rings (SSSR count). The molecule has 0 amide bonds. The highest BCUT2D eigenvalue weighted by atomic mass is 16.6. The van der Waals surface area contributed by atoms with E-state index >= 15 is 0 Å². The van der Waals surface area contributed by atoms with Crippen LogP contribution in [0.4, 0.5) is 23.0 Å². The summed E-state index contributed by atoms with van der Waals surface area (Å²) in [4.78, 5) is 23.8. The Bertz CT molecular complexity index is 770. The zero-order valence-electron chi connectivity index (χ0n) is 15.3. The van der Waals surface area contributed by atoms with E-state index in [1.165, 1.54) is 11.9 Å². The van der Waals surface area contributed by atoms with Crippen LogP contribution in [-0.2, 0) is 0 Å². The summed E-state index contributed by atoms with van der Waals surface area (Å²) < 4.78 is 0. The maximum Gasteiger partial charge on any atom is 0.353 e. The molecule has 1 aromatic heterocycles. The van der Waals surface area contributed by atoms with Crippen LogP contribution in [0.15, 0.2) is 30.6 Å². The first-order chi connectivity index (χ1) is 12.5. The molecule has 138 valence electrons. The molecule has 1 aliphatic heterocycles. The van der Waals surface area contributed by atoms with Gasteiger partial charge in [-0.05, 0) is 30.7 Å². The molecule has 8 nitrogen and oxygen atoms in total. The van der Waals surface area contributed by atoms with E-state index in [0.717, 1.165) is 18.8 Å². The first-order valence-corrected chi connectivity index (χ1v) is 8.75. The second-order valence-corrected chi connectivity index (χ2v) is 6.84. The average Bonchev–Trinajstić information content (AvgIpc) is 2.62. The fraction of sp³-hybridized carbons (Fsp3) is 0.444. The third kappa shape index (κ3) is 3.91. The van der Waals surface area contributed by atoms with Crippen molar-refractivity contribution in [2.24, 2.45) is 0 Å². The molecule has 2 heterocycles. The third-order valence-electron chi connectivity index (χ3n) is 4.63. The Kier molecular flexibility index (Phi) is 5.32. The van der Waals surface area contributed by atoms with Gasteiger partial charge in [0, 0.05) is 31.9 Å². The number of rotatable bonds is 5. The van der Waals surface area contributed by atoms with Gasteiger partial charge in [-0.2, -0.15) is 0 Å². The first kappa shape index (κ1) is 18.1. The highest BCUT2D eigenvalue weighted by Gasteiger charge is 2.28. The van der Waals surface area contributed by atoms with Gasteiger partial charge in [0.25, 0.3) is 0 Å². The van der Waals surface area contributed by atoms with Gasteiger partial charge in [0.1, 0.15) is 6.33 Å². The monoisotopic (exact) mass is 356 g/mol. The molecule has 0 bridgehead atoms. The molecule has 1 aliphatic rings. The number of benzene rings is 1. The lowest BCUT2D eigenvalue weighted by molar-refractivity contribution is -0.383. The number of nitrogens with zero attached hydrogens (tertiary/aromatic N) is 5. The predicted molar refractivity (Wildman–Crippen MR) is 102 cm³/mol. The Morgan fingerprint density at radius 3 is 2.35 bits per heavy atom. The van der Waals surface area contributed by atoms with E-state index < -0.39 is 4.92 Å². The van der Waals surface area contributed by atoms with Crippen LogP contribution < -0.4 is 10.2 Å². The summed E-state index contributed by atoms with van der Waals surface area (Å²) in [7, 11) is 2.04. The Hall–Kier alpha value is -2.74. The third-order valence-corrected chi connectivity index (χ3v) is 4.63. The molecule has 0 spiro atoms. The lowest BCUT2D eigenvalue weighted by atomic mass is 10.0. The molecule has 0 unspecified atom stereocenters. The zero-order valence-corrected chi connectivity index (χ0v) is 15.3. The van der Waals surface area contributed by atoms with Crippen LogP contribution in [0.2, 0.25) is 0 Å². The molecule has 1 N–H and O–H groups in total. The summed E-state index contributed by atoms with van der Waals surface area (Å²) in [5.41, 5.74) is 1.90. The fourth-order valence-corrected chi connectivity index (χ4v) is 2.97. The topological polar surface area (TPSA) is 87.4 Å². The first-order valence-electron chi connectivity index (χ1n) is 8.75. The molecule has 0 atom stereocenters. The van der Waals surface area contributed by atoms with Crippen molar-refractivity contribution in [3.63, 3.8) is 0 Å². The minimum absolute atomic E-state index is 0.0787. The summed E-state index contributed by atoms with van der Waals surface area (Å²) in [5.74, 6) is 1.02. The number of likely N-dealkylation sites (N-methyl/N-ethyl adjacent to an activating group) is 1. The van der Waals surface area contributed by atoms with Gasteiger partial charge in [-0.25, -0.2) is 9.97 Å². The summed E-state index contributed by atoms with van der Waals surface area (Å²) in [6, 6.07) is 7.86. The molecule has 0 saturated carbocycles. The highest BCUT2D eigenvalue weighted by Crippen LogP contribution is 2.34. The van der Waals surface area contributed by atoms with Gasteiger partial charge in [-0.15, -0.1) is 0 Å². The van der Waals surface area contributed by atoms with Crippen LogP contribution in [0.5, 0.6) is 0 Å². The number of hydrogen-bond donors (Lipinski definition) is 1. The van der Waals surface area contributed by atoms with Gasteiger partial charge >= 0.3 is 5.69 Å². The number of hydrogen-bond acceptors (Lipinski definition) is 7. The summed E-state index contributed by atoms with van der Waals surface area (Å²) >= 11 is 0. The van der Waals surface area contributed by atoms with Gasteiger partial charge in [0.15, 0.2) is 0 Å². The quantitative estimate of drug-likeness (QED) is 0.651. The largest absolute Gasteiger partial charge is 0.353 e. The van der Waals surface area contributed by atoms with Gasteiger partial charge < -0.3 is 15.1 Å².